The van der Waals surface area contributed by atoms with Gasteiger partial charge in [0.2, 0.25) is 0 Å². The highest BCUT2D eigenvalue weighted by Gasteiger charge is 2.11. The van der Waals surface area contributed by atoms with Gasteiger partial charge < -0.3 is 5.11 Å². The van der Waals surface area contributed by atoms with Gasteiger partial charge in [-0.15, -0.1) is 0 Å². The zero-order valence-electron chi connectivity index (χ0n) is 12.2. The Hall–Kier alpha value is -2.01. The summed E-state index contributed by atoms with van der Waals surface area (Å²) in [7, 11) is 0. The van der Waals surface area contributed by atoms with E-state index in [1.165, 1.54) is 6.08 Å². The van der Waals surface area contributed by atoms with Crippen molar-refractivity contribution < 1.29 is 9.90 Å². The van der Waals surface area contributed by atoms with Crippen LogP contribution in [0.4, 0.5) is 0 Å². The first-order chi connectivity index (χ1) is 11.4. The molecule has 4 nitrogen and oxygen atoms in total. The maximum atomic E-state index is 10.8. The van der Waals surface area contributed by atoms with Crippen molar-refractivity contribution in [3.05, 3.63) is 68.8 Å². The molecule has 1 heterocycles. The minimum atomic E-state index is -1.04. The third-order valence-corrected chi connectivity index (χ3v) is 4.28. The van der Waals surface area contributed by atoms with Crippen LogP contribution >= 0.6 is 34.8 Å². The quantitative estimate of drug-likeness (QED) is 0.636. The second kappa shape index (κ2) is 6.85. The summed E-state index contributed by atoms with van der Waals surface area (Å²) in [5.41, 5.74) is 2.21. The zero-order valence-corrected chi connectivity index (χ0v) is 14.5. The summed E-state index contributed by atoms with van der Waals surface area (Å²) in [5, 5.41) is 15.7. The molecule has 1 N–H and O–H groups in total. The molecule has 2 aromatic carbocycles. The van der Waals surface area contributed by atoms with Crippen molar-refractivity contribution in [2.24, 2.45) is 0 Å². The van der Waals surface area contributed by atoms with E-state index in [1.807, 2.05) is 12.1 Å². The molecule has 0 atom stereocenters. The van der Waals surface area contributed by atoms with Gasteiger partial charge in [-0.3, -0.25) is 4.68 Å². The fraction of sp³-hybridized carbons (Fsp3) is 0.0588. The minimum Gasteiger partial charge on any atom is -0.478 e. The largest absolute Gasteiger partial charge is 0.478 e. The molecule has 0 bridgehead atoms. The smallest absolute Gasteiger partial charge is 0.328 e. The highest BCUT2D eigenvalue weighted by atomic mass is 35.5. The van der Waals surface area contributed by atoms with Crippen LogP contribution < -0.4 is 0 Å². The fourth-order valence-corrected chi connectivity index (χ4v) is 3.02. The van der Waals surface area contributed by atoms with Crippen LogP contribution in [0.2, 0.25) is 15.1 Å². The summed E-state index contributed by atoms with van der Waals surface area (Å²) in [6.45, 7) is 0.426. The lowest BCUT2D eigenvalue weighted by Crippen LogP contribution is -2.02. The van der Waals surface area contributed by atoms with Crippen molar-refractivity contribution in [1.29, 1.82) is 0 Å². The van der Waals surface area contributed by atoms with Crippen LogP contribution in [0.5, 0.6) is 0 Å². The number of rotatable bonds is 4. The zero-order chi connectivity index (χ0) is 17.3. The standard InChI is InChI=1S/C17H11Cl3N2O2/c18-11-3-5-16-13(7-11)15(4-6-17(23)24)21-22(16)9-10-1-2-12(19)8-14(10)20/h1-8H,9H2,(H,23,24)/b6-4+. The maximum absolute atomic E-state index is 10.8. The molecule has 24 heavy (non-hydrogen) atoms. The Bertz CT molecular complexity index is 964. The van der Waals surface area contributed by atoms with Gasteiger partial charge in [-0.2, -0.15) is 5.10 Å². The summed E-state index contributed by atoms with van der Waals surface area (Å²) in [5.74, 6) is -1.04. The SMILES string of the molecule is O=C(O)/C=C/c1nn(Cc2ccc(Cl)cc2Cl)c2ccc(Cl)cc12. The predicted octanol–water partition coefficient (Wildman–Crippen LogP) is 5.14. The molecule has 3 rings (SSSR count). The van der Waals surface area contributed by atoms with E-state index in [1.54, 1.807) is 28.9 Å². The molecule has 0 spiro atoms. The number of carboxylic acids is 1. The van der Waals surface area contributed by atoms with Crippen molar-refractivity contribution in [3.63, 3.8) is 0 Å². The molecule has 0 aliphatic heterocycles. The average Bonchev–Trinajstić information content (AvgIpc) is 2.85. The topological polar surface area (TPSA) is 55.1 Å². The van der Waals surface area contributed by atoms with E-state index in [0.29, 0.717) is 27.3 Å². The predicted molar refractivity (Wildman–Crippen MR) is 97.0 cm³/mol. The van der Waals surface area contributed by atoms with Crippen molar-refractivity contribution in [2.45, 2.75) is 6.54 Å². The summed E-state index contributed by atoms with van der Waals surface area (Å²) in [6.07, 6.45) is 2.49. The lowest BCUT2D eigenvalue weighted by Gasteiger charge is -2.06. The van der Waals surface area contributed by atoms with Crippen LogP contribution in [0, 0.1) is 0 Å². The number of carbonyl (C=O) groups is 1. The number of hydrogen-bond donors (Lipinski definition) is 1. The van der Waals surface area contributed by atoms with Gasteiger partial charge in [0.1, 0.15) is 0 Å². The fourth-order valence-electron chi connectivity index (χ4n) is 2.38. The van der Waals surface area contributed by atoms with E-state index in [0.717, 1.165) is 22.5 Å². The normalized spacial score (nSPS) is 11.5. The molecular formula is C17H11Cl3N2O2. The molecule has 122 valence electrons. The number of hydrogen-bond acceptors (Lipinski definition) is 2. The lowest BCUT2D eigenvalue weighted by molar-refractivity contribution is -0.131. The number of benzene rings is 2. The monoisotopic (exact) mass is 380 g/mol. The minimum absolute atomic E-state index is 0.426. The van der Waals surface area contributed by atoms with E-state index < -0.39 is 5.97 Å². The van der Waals surface area contributed by atoms with Crippen LogP contribution in [0.3, 0.4) is 0 Å². The highest BCUT2D eigenvalue weighted by Crippen LogP contribution is 2.27. The molecule has 3 aromatic rings. The van der Waals surface area contributed by atoms with Gasteiger partial charge in [-0.05, 0) is 42.0 Å². The highest BCUT2D eigenvalue weighted by molar-refractivity contribution is 6.35. The van der Waals surface area contributed by atoms with Gasteiger partial charge in [-0.25, -0.2) is 4.79 Å². The van der Waals surface area contributed by atoms with Crippen LogP contribution in [0.1, 0.15) is 11.3 Å². The molecule has 7 heteroatoms. The van der Waals surface area contributed by atoms with E-state index in [4.69, 9.17) is 39.9 Å². The van der Waals surface area contributed by atoms with Crippen LogP contribution in [0.15, 0.2) is 42.5 Å². The number of fused-ring (bicyclic) bond motifs is 1. The summed E-state index contributed by atoms with van der Waals surface area (Å²) in [6, 6.07) is 10.6. The Morgan fingerprint density at radius 3 is 2.54 bits per heavy atom. The Balaban J connectivity index is 2.09. The maximum Gasteiger partial charge on any atom is 0.328 e. The number of aliphatic carboxylic acids is 1. The Kier molecular flexibility index (Phi) is 4.81. The second-order valence-corrected chi connectivity index (χ2v) is 6.39. The number of carboxylic acid groups (broad SMARTS) is 1. The van der Waals surface area contributed by atoms with Crippen LogP contribution in [0.25, 0.3) is 17.0 Å². The van der Waals surface area contributed by atoms with Gasteiger partial charge in [0.25, 0.3) is 0 Å². The number of nitrogens with zero attached hydrogens (tertiary/aromatic N) is 2. The van der Waals surface area contributed by atoms with E-state index >= 15 is 0 Å². The van der Waals surface area contributed by atoms with Gasteiger partial charge in [0.05, 0.1) is 17.8 Å². The van der Waals surface area contributed by atoms with E-state index in [-0.39, 0.29) is 0 Å². The molecule has 0 aliphatic rings. The summed E-state index contributed by atoms with van der Waals surface area (Å²) < 4.78 is 1.75. The molecule has 0 aliphatic carbocycles. The number of aromatic nitrogens is 2. The third-order valence-electron chi connectivity index (χ3n) is 3.46. The summed E-state index contributed by atoms with van der Waals surface area (Å²) in [4.78, 5) is 10.8. The summed E-state index contributed by atoms with van der Waals surface area (Å²) >= 11 is 18.2. The molecular weight excluding hydrogens is 371 g/mol. The van der Waals surface area contributed by atoms with Gasteiger partial charge in [-0.1, -0.05) is 40.9 Å². The molecule has 0 saturated carbocycles. The molecule has 0 fully saturated rings. The molecule has 0 unspecified atom stereocenters. The molecule has 0 saturated heterocycles. The third kappa shape index (κ3) is 3.56. The average molecular weight is 382 g/mol. The van der Waals surface area contributed by atoms with Crippen molar-refractivity contribution in [1.82, 2.24) is 9.78 Å². The van der Waals surface area contributed by atoms with Crippen LogP contribution in [-0.2, 0) is 11.3 Å². The van der Waals surface area contributed by atoms with Gasteiger partial charge in [0.15, 0.2) is 0 Å². The number of halogens is 3. The lowest BCUT2D eigenvalue weighted by atomic mass is 10.2. The molecule has 0 radical (unpaired) electrons. The van der Waals surface area contributed by atoms with Crippen molar-refractivity contribution in [2.75, 3.05) is 0 Å². The van der Waals surface area contributed by atoms with E-state index in [9.17, 15) is 4.79 Å². The first kappa shape index (κ1) is 16.8. The molecule has 1 aromatic heterocycles. The van der Waals surface area contributed by atoms with Gasteiger partial charge >= 0.3 is 5.97 Å². The first-order valence-electron chi connectivity index (χ1n) is 6.95. The van der Waals surface area contributed by atoms with Crippen LogP contribution in [-0.4, -0.2) is 20.9 Å². The van der Waals surface area contributed by atoms with Crippen molar-refractivity contribution >= 4 is 57.8 Å². The Morgan fingerprint density at radius 2 is 1.83 bits per heavy atom. The first-order valence-corrected chi connectivity index (χ1v) is 8.08. The van der Waals surface area contributed by atoms with Gasteiger partial charge in [0, 0.05) is 26.5 Å². The second-order valence-electron chi connectivity index (χ2n) is 5.11. The van der Waals surface area contributed by atoms with Crippen molar-refractivity contribution in [3.8, 4) is 0 Å². The Morgan fingerprint density at radius 1 is 1.12 bits per heavy atom. The Labute approximate surface area is 152 Å². The molecule has 0 amide bonds. The van der Waals surface area contributed by atoms with E-state index in [2.05, 4.69) is 5.10 Å².